The van der Waals surface area contributed by atoms with E-state index in [2.05, 4.69) is 17.4 Å². The molecule has 0 saturated carbocycles. The molecular formula is C37H46N2O6S. The molecule has 0 aromatic heterocycles. The van der Waals surface area contributed by atoms with Crippen molar-refractivity contribution in [2.45, 2.75) is 70.8 Å². The molecule has 1 atom stereocenters. The van der Waals surface area contributed by atoms with Crippen molar-refractivity contribution in [1.29, 1.82) is 0 Å². The number of nitrogens with zero attached hydrogens (tertiary/aromatic N) is 1. The summed E-state index contributed by atoms with van der Waals surface area (Å²) in [7, 11) is 1.33. The van der Waals surface area contributed by atoms with E-state index in [-0.39, 0.29) is 12.0 Å². The molecule has 1 aliphatic heterocycles. The van der Waals surface area contributed by atoms with Gasteiger partial charge in [-0.3, -0.25) is 4.79 Å². The predicted molar refractivity (Wildman–Crippen MR) is 183 cm³/mol. The maximum atomic E-state index is 13.7. The second-order valence-corrected chi connectivity index (χ2v) is 13.6. The molecule has 0 radical (unpaired) electrons. The van der Waals surface area contributed by atoms with Crippen molar-refractivity contribution in [3.63, 3.8) is 0 Å². The summed E-state index contributed by atoms with van der Waals surface area (Å²) < 4.78 is 17.4. The first-order valence-corrected chi connectivity index (χ1v) is 17.1. The Labute approximate surface area is 277 Å². The number of rotatable bonds is 11. The highest BCUT2D eigenvalue weighted by atomic mass is 32.2. The number of aryl methyl sites for hydroxylation is 1. The molecule has 1 unspecified atom stereocenters. The minimum Gasteiger partial charge on any atom is -0.467 e. The molecule has 9 heteroatoms. The minimum atomic E-state index is -0.741. The van der Waals surface area contributed by atoms with Crippen LogP contribution in [0.25, 0.3) is 11.1 Å². The molecule has 3 aromatic rings. The van der Waals surface area contributed by atoms with Gasteiger partial charge in [-0.1, -0.05) is 60.7 Å². The van der Waals surface area contributed by atoms with Crippen LogP contribution in [0.3, 0.4) is 0 Å². The van der Waals surface area contributed by atoms with Crippen LogP contribution in [0.2, 0.25) is 0 Å². The second kappa shape index (κ2) is 15.6. The Kier molecular flexibility index (Phi) is 11.9. The monoisotopic (exact) mass is 646 g/mol. The number of thioether (sulfide) groups is 1. The number of nitrogens with one attached hydrogen (secondary N) is 1. The van der Waals surface area contributed by atoms with E-state index in [4.69, 9.17) is 14.2 Å². The summed E-state index contributed by atoms with van der Waals surface area (Å²) in [6.45, 7) is 8.95. The average molecular weight is 647 g/mol. The molecule has 246 valence electrons. The van der Waals surface area contributed by atoms with Gasteiger partial charge in [0.1, 0.15) is 11.6 Å². The molecule has 1 aliphatic rings. The fourth-order valence-electron chi connectivity index (χ4n) is 5.70. The summed E-state index contributed by atoms with van der Waals surface area (Å²) in [5.41, 5.74) is 4.00. The lowest BCUT2D eigenvalue weighted by molar-refractivity contribution is -0.142. The van der Waals surface area contributed by atoms with Crippen LogP contribution in [0.5, 0.6) is 0 Å². The van der Waals surface area contributed by atoms with E-state index in [0.29, 0.717) is 50.3 Å². The SMILES string of the molecule is COC(=O)C(CCSC)NC(=O)c1ccc(COC2(c3ccccc3)CCN(C(=O)OC(C)(C)C)CC2)cc1-c1ccccc1C. The number of amides is 2. The maximum Gasteiger partial charge on any atom is 0.410 e. The molecule has 46 heavy (non-hydrogen) atoms. The largest absolute Gasteiger partial charge is 0.467 e. The lowest BCUT2D eigenvalue weighted by Crippen LogP contribution is -2.47. The van der Waals surface area contributed by atoms with Crippen molar-refractivity contribution in [2.24, 2.45) is 0 Å². The van der Waals surface area contributed by atoms with Gasteiger partial charge in [-0.15, -0.1) is 0 Å². The Hall–Kier alpha value is -3.82. The summed E-state index contributed by atoms with van der Waals surface area (Å²) >= 11 is 1.60. The number of carbonyl (C=O) groups excluding carboxylic acids is 3. The zero-order chi connectivity index (χ0) is 33.3. The zero-order valence-electron chi connectivity index (χ0n) is 27.8. The summed E-state index contributed by atoms with van der Waals surface area (Å²) in [5, 5.41) is 2.91. The third-order valence-corrected chi connectivity index (χ3v) is 8.85. The third-order valence-electron chi connectivity index (χ3n) is 8.20. The van der Waals surface area contributed by atoms with Crippen LogP contribution < -0.4 is 5.32 Å². The van der Waals surface area contributed by atoms with Crippen molar-refractivity contribution >= 4 is 29.7 Å². The molecule has 4 rings (SSSR count). The zero-order valence-corrected chi connectivity index (χ0v) is 28.6. The van der Waals surface area contributed by atoms with Crippen molar-refractivity contribution in [3.05, 3.63) is 95.1 Å². The van der Waals surface area contributed by atoms with Gasteiger partial charge in [-0.05, 0) is 98.9 Å². The normalized spacial score (nSPS) is 15.1. The standard InChI is InChI=1S/C37H46N2O6S/c1-26-12-10-11-15-29(26)31-24-27(16-17-30(31)33(40)38-32(18-23-46-6)34(41)43-5)25-44-37(28-13-8-7-9-14-28)19-21-39(22-20-37)35(42)45-36(2,3)4/h7-17,24,32H,18-23,25H2,1-6H3,(H,38,40). The second-order valence-electron chi connectivity index (χ2n) is 12.6. The summed E-state index contributed by atoms with van der Waals surface area (Å²) in [6, 6.07) is 23.0. The number of piperidine rings is 1. The highest BCUT2D eigenvalue weighted by molar-refractivity contribution is 7.98. The van der Waals surface area contributed by atoms with E-state index in [0.717, 1.165) is 27.8 Å². The van der Waals surface area contributed by atoms with Gasteiger partial charge in [-0.2, -0.15) is 11.8 Å². The highest BCUT2D eigenvalue weighted by Crippen LogP contribution is 2.38. The van der Waals surface area contributed by atoms with E-state index in [9.17, 15) is 14.4 Å². The van der Waals surface area contributed by atoms with E-state index in [1.807, 2.05) is 88.5 Å². The van der Waals surface area contributed by atoms with Crippen LogP contribution in [0.4, 0.5) is 4.79 Å². The Morgan fingerprint density at radius 3 is 2.26 bits per heavy atom. The number of esters is 1. The van der Waals surface area contributed by atoms with E-state index in [1.54, 1.807) is 22.7 Å². The molecule has 1 N–H and O–H groups in total. The number of ether oxygens (including phenoxy) is 3. The first-order chi connectivity index (χ1) is 22.0. The predicted octanol–water partition coefficient (Wildman–Crippen LogP) is 7.13. The fourth-order valence-corrected chi connectivity index (χ4v) is 6.17. The van der Waals surface area contributed by atoms with Gasteiger partial charge in [0.25, 0.3) is 5.91 Å². The molecular weight excluding hydrogens is 600 g/mol. The number of methoxy groups -OCH3 is 1. The maximum absolute atomic E-state index is 13.7. The van der Waals surface area contributed by atoms with Gasteiger partial charge in [0.05, 0.1) is 19.3 Å². The first-order valence-electron chi connectivity index (χ1n) is 15.7. The molecule has 0 aliphatic carbocycles. The van der Waals surface area contributed by atoms with Crippen LogP contribution in [0.15, 0.2) is 72.8 Å². The summed E-state index contributed by atoms with van der Waals surface area (Å²) in [5.74, 6) is -0.0917. The van der Waals surface area contributed by atoms with Crippen LogP contribution in [0, 0.1) is 6.92 Å². The van der Waals surface area contributed by atoms with Gasteiger partial charge in [0, 0.05) is 18.7 Å². The lowest BCUT2D eigenvalue weighted by atomic mass is 9.84. The molecule has 2 amide bonds. The molecule has 0 bridgehead atoms. The van der Waals surface area contributed by atoms with E-state index in [1.165, 1.54) is 7.11 Å². The number of hydrogen-bond donors (Lipinski definition) is 1. The Morgan fingerprint density at radius 2 is 1.63 bits per heavy atom. The topological polar surface area (TPSA) is 94.2 Å². The number of carbonyl (C=O) groups is 3. The van der Waals surface area contributed by atoms with E-state index < -0.39 is 23.2 Å². The van der Waals surface area contributed by atoms with Crippen LogP contribution >= 0.6 is 11.8 Å². The molecule has 1 heterocycles. The van der Waals surface area contributed by atoms with Gasteiger partial charge < -0.3 is 24.4 Å². The van der Waals surface area contributed by atoms with Gasteiger partial charge >= 0.3 is 12.1 Å². The van der Waals surface area contributed by atoms with Crippen molar-refractivity contribution in [3.8, 4) is 11.1 Å². The Bertz CT molecular complexity index is 1500. The summed E-state index contributed by atoms with van der Waals surface area (Å²) in [6.07, 6.45) is 3.35. The van der Waals surface area contributed by atoms with Crippen LogP contribution in [0.1, 0.15) is 67.1 Å². The van der Waals surface area contributed by atoms with Crippen LogP contribution in [-0.4, -0.2) is 66.7 Å². The number of hydrogen-bond acceptors (Lipinski definition) is 7. The quantitative estimate of drug-likeness (QED) is 0.222. The molecule has 3 aromatic carbocycles. The van der Waals surface area contributed by atoms with Crippen molar-refractivity contribution in [2.75, 3.05) is 32.2 Å². The minimum absolute atomic E-state index is 0.306. The number of likely N-dealkylation sites (tertiary alicyclic amines) is 1. The molecule has 1 fully saturated rings. The smallest absolute Gasteiger partial charge is 0.410 e. The highest BCUT2D eigenvalue weighted by Gasteiger charge is 2.39. The Balaban J connectivity index is 1.61. The summed E-state index contributed by atoms with van der Waals surface area (Å²) in [4.78, 5) is 40.7. The molecule has 1 saturated heterocycles. The Morgan fingerprint density at radius 1 is 0.957 bits per heavy atom. The van der Waals surface area contributed by atoms with Crippen molar-refractivity contribution < 1.29 is 28.6 Å². The molecule has 8 nitrogen and oxygen atoms in total. The number of benzene rings is 3. The lowest BCUT2D eigenvalue weighted by Gasteiger charge is -2.42. The van der Waals surface area contributed by atoms with Gasteiger partial charge in [0.2, 0.25) is 0 Å². The third kappa shape index (κ3) is 8.91. The van der Waals surface area contributed by atoms with Crippen molar-refractivity contribution in [1.82, 2.24) is 10.2 Å². The molecule has 0 spiro atoms. The van der Waals surface area contributed by atoms with Crippen LogP contribution in [-0.2, 0) is 31.2 Å². The van der Waals surface area contributed by atoms with E-state index >= 15 is 0 Å². The first kappa shape index (κ1) is 35.0. The average Bonchev–Trinajstić information content (AvgIpc) is 3.05. The van der Waals surface area contributed by atoms with Gasteiger partial charge in [0.15, 0.2) is 0 Å². The van der Waals surface area contributed by atoms with Gasteiger partial charge in [-0.25, -0.2) is 9.59 Å². The fraction of sp³-hybridized carbons (Fsp3) is 0.432.